The highest BCUT2D eigenvalue weighted by Gasteiger charge is 1.98. The molecule has 1 heterocycles. The van der Waals surface area contributed by atoms with Gasteiger partial charge in [-0.1, -0.05) is 36.4 Å². The standard InChI is InChI=1S/C10H8O2.C6H5F/c1-7-6-10(11)12-9-5-3-2-4-8(7)9;7-6-4-2-1-3-5-6/h2-6H,1H3;1-5H. The average molecular weight is 256 g/mol. The van der Waals surface area contributed by atoms with Crippen LogP contribution < -0.4 is 5.63 Å². The zero-order valence-electron chi connectivity index (χ0n) is 10.5. The van der Waals surface area contributed by atoms with E-state index in [1.807, 2.05) is 25.1 Å². The number of rotatable bonds is 0. The van der Waals surface area contributed by atoms with Crippen molar-refractivity contribution < 1.29 is 8.81 Å². The summed E-state index contributed by atoms with van der Waals surface area (Å²) < 4.78 is 16.9. The Morgan fingerprint density at radius 1 is 0.947 bits per heavy atom. The summed E-state index contributed by atoms with van der Waals surface area (Å²) in [5.41, 5.74) is 1.33. The van der Waals surface area contributed by atoms with Gasteiger partial charge < -0.3 is 4.42 Å². The second-order valence-electron chi connectivity index (χ2n) is 4.04. The maximum Gasteiger partial charge on any atom is 0.336 e. The molecule has 1 aromatic heterocycles. The molecule has 0 atom stereocenters. The molecule has 0 saturated carbocycles. The number of aryl methyl sites for hydroxylation is 1. The first-order chi connectivity index (χ1) is 9.16. The molecule has 3 rings (SSSR count). The van der Waals surface area contributed by atoms with Crippen LogP contribution in [0.1, 0.15) is 5.56 Å². The van der Waals surface area contributed by atoms with E-state index in [1.54, 1.807) is 24.3 Å². The predicted octanol–water partition coefficient (Wildman–Crippen LogP) is 3.93. The molecule has 0 aliphatic heterocycles. The van der Waals surface area contributed by atoms with Gasteiger partial charge in [0, 0.05) is 11.5 Å². The fourth-order valence-electron chi connectivity index (χ4n) is 1.69. The van der Waals surface area contributed by atoms with E-state index in [2.05, 4.69) is 0 Å². The van der Waals surface area contributed by atoms with Crippen LogP contribution in [0.4, 0.5) is 4.39 Å². The van der Waals surface area contributed by atoms with Gasteiger partial charge in [0.15, 0.2) is 0 Å². The van der Waals surface area contributed by atoms with Crippen molar-refractivity contribution in [3.05, 3.63) is 82.5 Å². The van der Waals surface area contributed by atoms with Gasteiger partial charge in [0.05, 0.1) is 0 Å². The van der Waals surface area contributed by atoms with Crippen LogP contribution in [0.5, 0.6) is 0 Å². The summed E-state index contributed by atoms with van der Waals surface area (Å²) in [7, 11) is 0. The molecule has 0 N–H and O–H groups in total. The molecule has 0 radical (unpaired) electrons. The van der Waals surface area contributed by atoms with Crippen LogP contribution in [0, 0.1) is 12.7 Å². The molecular formula is C16H13FO2. The Morgan fingerprint density at radius 3 is 2.21 bits per heavy atom. The van der Waals surface area contributed by atoms with Gasteiger partial charge in [0.2, 0.25) is 0 Å². The number of halogens is 1. The van der Waals surface area contributed by atoms with Crippen molar-refractivity contribution in [3.63, 3.8) is 0 Å². The average Bonchev–Trinajstić information content (AvgIpc) is 2.40. The van der Waals surface area contributed by atoms with E-state index in [9.17, 15) is 9.18 Å². The Balaban J connectivity index is 0.000000163. The Kier molecular flexibility index (Phi) is 4.08. The third kappa shape index (κ3) is 3.52. The fraction of sp³-hybridized carbons (Fsp3) is 0.0625. The van der Waals surface area contributed by atoms with Crippen molar-refractivity contribution in [1.82, 2.24) is 0 Å². The molecule has 0 bridgehead atoms. The normalized spacial score (nSPS) is 9.79. The van der Waals surface area contributed by atoms with Crippen LogP contribution >= 0.6 is 0 Å². The topological polar surface area (TPSA) is 30.2 Å². The molecule has 0 saturated heterocycles. The van der Waals surface area contributed by atoms with Gasteiger partial charge in [-0.05, 0) is 30.7 Å². The van der Waals surface area contributed by atoms with E-state index in [0.717, 1.165) is 10.9 Å². The van der Waals surface area contributed by atoms with Crippen LogP contribution in [0.3, 0.4) is 0 Å². The van der Waals surface area contributed by atoms with Crippen LogP contribution in [0.25, 0.3) is 11.0 Å². The number of para-hydroxylation sites is 1. The van der Waals surface area contributed by atoms with Gasteiger partial charge in [0.1, 0.15) is 11.4 Å². The van der Waals surface area contributed by atoms with Gasteiger partial charge in [-0.3, -0.25) is 0 Å². The van der Waals surface area contributed by atoms with Crippen LogP contribution in [0.2, 0.25) is 0 Å². The summed E-state index contributed by atoms with van der Waals surface area (Å²) in [6.07, 6.45) is 0. The molecule has 0 spiro atoms. The summed E-state index contributed by atoms with van der Waals surface area (Å²) in [5, 5.41) is 0.997. The lowest BCUT2D eigenvalue weighted by atomic mass is 10.1. The smallest absolute Gasteiger partial charge is 0.336 e. The van der Waals surface area contributed by atoms with E-state index < -0.39 is 0 Å². The Bertz CT molecular complexity index is 717. The quantitative estimate of drug-likeness (QED) is 0.570. The van der Waals surface area contributed by atoms with E-state index in [-0.39, 0.29) is 11.4 Å². The largest absolute Gasteiger partial charge is 0.423 e. The highest BCUT2D eigenvalue weighted by molar-refractivity contribution is 5.79. The minimum atomic E-state index is -0.286. The monoisotopic (exact) mass is 256 g/mol. The van der Waals surface area contributed by atoms with Gasteiger partial charge in [-0.2, -0.15) is 0 Å². The molecule has 2 nitrogen and oxygen atoms in total. The lowest BCUT2D eigenvalue weighted by molar-refractivity contribution is 0.560. The SMILES string of the molecule is Cc1cc(=O)oc2ccccc12.Fc1ccccc1. The van der Waals surface area contributed by atoms with Crippen LogP contribution in [-0.4, -0.2) is 0 Å². The van der Waals surface area contributed by atoms with E-state index in [0.29, 0.717) is 5.58 Å². The molecule has 0 aliphatic carbocycles. The van der Waals surface area contributed by atoms with Crippen molar-refractivity contribution in [2.75, 3.05) is 0 Å². The molecular weight excluding hydrogens is 243 g/mol. The third-order valence-electron chi connectivity index (χ3n) is 2.59. The Labute approximate surface area is 110 Å². The molecule has 96 valence electrons. The van der Waals surface area contributed by atoms with E-state index in [1.165, 1.54) is 18.2 Å². The van der Waals surface area contributed by atoms with Gasteiger partial charge >= 0.3 is 5.63 Å². The second-order valence-corrected chi connectivity index (χ2v) is 4.04. The maximum atomic E-state index is 11.9. The predicted molar refractivity (Wildman–Crippen MR) is 73.6 cm³/mol. The first kappa shape index (κ1) is 13.0. The van der Waals surface area contributed by atoms with Gasteiger partial charge in [-0.25, -0.2) is 9.18 Å². The highest BCUT2D eigenvalue weighted by atomic mass is 19.1. The first-order valence-electron chi connectivity index (χ1n) is 5.87. The minimum absolute atomic E-state index is 0.178. The highest BCUT2D eigenvalue weighted by Crippen LogP contribution is 2.14. The van der Waals surface area contributed by atoms with Crippen molar-refractivity contribution in [2.24, 2.45) is 0 Å². The number of hydrogen-bond acceptors (Lipinski definition) is 2. The van der Waals surface area contributed by atoms with E-state index >= 15 is 0 Å². The lowest BCUT2D eigenvalue weighted by Crippen LogP contribution is -1.97. The number of hydrogen-bond donors (Lipinski definition) is 0. The van der Waals surface area contributed by atoms with Crippen molar-refractivity contribution in [2.45, 2.75) is 6.92 Å². The van der Waals surface area contributed by atoms with Crippen molar-refractivity contribution in [1.29, 1.82) is 0 Å². The molecule has 0 amide bonds. The Morgan fingerprint density at radius 2 is 1.58 bits per heavy atom. The second kappa shape index (κ2) is 5.96. The summed E-state index contributed by atoms with van der Waals surface area (Å²) >= 11 is 0. The van der Waals surface area contributed by atoms with Crippen LogP contribution in [-0.2, 0) is 0 Å². The zero-order valence-corrected chi connectivity index (χ0v) is 10.5. The summed E-state index contributed by atoms with van der Waals surface area (Å²) in [6.45, 7) is 1.90. The first-order valence-corrected chi connectivity index (χ1v) is 5.87. The molecule has 19 heavy (non-hydrogen) atoms. The van der Waals surface area contributed by atoms with E-state index in [4.69, 9.17) is 4.42 Å². The molecule has 3 aromatic rings. The molecule has 0 aliphatic rings. The van der Waals surface area contributed by atoms with Crippen molar-refractivity contribution in [3.8, 4) is 0 Å². The van der Waals surface area contributed by atoms with Gasteiger partial charge in [0.25, 0.3) is 0 Å². The summed E-state index contributed by atoms with van der Waals surface area (Å²) in [6, 6.07) is 17.0. The fourth-order valence-corrected chi connectivity index (χ4v) is 1.69. The molecule has 0 unspecified atom stereocenters. The maximum absolute atomic E-state index is 11.9. The lowest BCUT2D eigenvalue weighted by Gasteiger charge is -1.97. The number of benzene rings is 2. The third-order valence-corrected chi connectivity index (χ3v) is 2.59. The molecule has 2 aromatic carbocycles. The zero-order chi connectivity index (χ0) is 13.7. The number of fused-ring (bicyclic) bond motifs is 1. The Hall–Kier alpha value is -2.42. The molecule has 0 fully saturated rings. The summed E-state index contributed by atoms with van der Waals surface area (Å²) in [5.74, 6) is -0.178. The molecule has 3 heteroatoms. The van der Waals surface area contributed by atoms with Gasteiger partial charge in [-0.15, -0.1) is 0 Å². The van der Waals surface area contributed by atoms with Crippen LogP contribution in [0.15, 0.2) is 69.9 Å². The minimum Gasteiger partial charge on any atom is -0.423 e. The van der Waals surface area contributed by atoms with Crippen molar-refractivity contribution >= 4 is 11.0 Å². The summed E-state index contributed by atoms with van der Waals surface area (Å²) in [4.78, 5) is 10.9.